The molecule has 2 heterocycles. The Morgan fingerprint density at radius 3 is 2.45 bits per heavy atom. The number of ether oxygens (including phenoxy) is 1. The zero-order valence-corrected chi connectivity index (χ0v) is 20.7. The molecule has 0 amide bonds. The maximum absolute atomic E-state index is 6.75. The Labute approximate surface area is 189 Å². The van der Waals surface area contributed by atoms with Crippen molar-refractivity contribution in [1.29, 1.82) is 0 Å². The van der Waals surface area contributed by atoms with Crippen molar-refractivity contribution in [2.45, 2.75) is 78.7 Å². The maximum Gasteiger partial charge on any atom is 0.150 e. The molecule has 0 radical (unpaired) electrons. The molecule has 2 aromatic carbocycles. The summed E-state index contributed by atoms with van der Waals surface area (Å²) in [6.45, 7) is 17.2. The minimum absolute atomic E-state index is 0.106. The summed E-state index contributed by atoms with van der Waals surface area (Å²) in [6, 6.07) is 11.4. The Balaban J connectivity index is 1.76. The molecule has 2 aliphatic rings. The lowest BCUT2D eigenvalue weighted by Crippen LogP contribution is -2.31. The molecule has 0 saturated heterocycles. The highest BCUT2D eigenvalue weighted by molar-refractivity contribution is 5.68. The molecule has 166 valence electrons. The summed E-state index contributed by atoms with van der Waals surface area (Å²) in [5, 5.41) is 0. The molecule has 2 nitrogen and oxygen atoms in total. The number of hydrogen-bond acceptors (Lipinski definition) is 2. The van der Waals surface area contributed by atoms with Gasteiger partial charge in [0.1, 0.15) is 11.4 Å². The van der Waals surface area contributed by atoms with Gasteiger partial charge in [-0.05, 0) is 83.5 Å². The van der Waals surface area contributed by atoms with Gasteiger partial charge in [-0.15, -0.1) is 0 Å². The van der Waals surface area contributed by atoms with E-state index < -0.39 is 5.60 Å². The predicted octanol–water partition coefficient (Wildman–Crippen LogP) is 7.28. The number of nitrogens with zero attached hydrogens (tertiary/aromatic N) is 1. The largest absolute Gasteiger partial charge is 0.478 e. The van der Waals surface area contributed by atoms with Crippen LogP contribution in [0.15, 0.2) is 36.4 Å². The molecule has 31 heavy (non-hydrogen) atoms. The summed E-state index contributed by atoms with van der Waals surface area (Å²) >= 11 is 0. The third kappa shape index (κ3) is 4.27. The van der Waals surface area contributed by atoms with Gasteiger partial charge in [0.15, 0.2) is 0 Å². The van der Waals surface area contributed by atoms with Gasteiger partial charge in [0.25, 0.3) is 0 Å². The fourth-order valence-electron chi connectivity index (χ4n) is 5.09. The molecule has 2 aromatic rings. The van der Waals surface area contributed by atoms with Crippen LogP contribution >= 0.6 is 0 Å². The van der Waals surface area contributed by atoms with Gasteiger partial charge in [-0.2, -0.15) is 0 Å². The van der Waals surface area contributed by atoms with E-state index in [4.69, 9.17) is 4.74 Å². The van der Waals surface area contributed by atoms with E-state index in [2.05, 4.69) is 103 Å². The molecule has 0 N–H and O–H groups in total. The van der Waals surface area contributed by atoms with Gasteiger partial charge in [0.2, 0.25) is 0 Å². The van der Waals surface area contributed by atoms with Crippen molar-refractivity contribution in [2.24, 2.45) is 5.41 Å². The van der Waals surface area contributed by atoms with E-state index >= 15 is 0 Å². The van der Waals surface area contributed by atoms with Gasteiger partial charge in [0.05, 0.1) is 0 Å². The Morgan fingerprint density at radius 2 is 1.77 bits per heavy atom. The molecule has 1 atom stereocenters. The fraction of sp³-hybridized carbons (Fsp3) is 0.517. The molecule has 2 heteroatoms. The Kier molecular flexibility index (Phi) is 5.27. The van der Waals surface area contributed by atoms with Crippen molar-refractivity contribution in [3.05, 3.63) is 64.2 Å². The van der Waals surface area contributed by atoms with Crippen LogP contribution in [0.5, 0.6) is 5.75 Å². The van der Waals surface area contributed by atoms with E-state index in [1.165, 1.54) is 39.9 Å². The summed E-state index contributed by atoms with van der Waals surface area (Å²) in [7, 11) is 2.19. The monoisotopic (exact) mass is 417 g/mol. The Bertz CT molecular complexity index is 1020. The quantitative estimate of drug-likeness (QED) is 0.509. The van der Waals surface area contributed by atoms with Crippen molar-refractivity contribution in [2.75, 3.05) is 18.5 Å². The van der Waals surface area contributed by atoms with Gasteiger partial charge < -0.3 is 9.64 Å². The fourth-order valence-corrected chi connectivity index (χ4v) is 5.09. The normalized spacial score (nSPS) is 20.8. The molecule has 0 unspecified atom stereocenters. The first-order chi connectivity index (χ1) is 14.4. The van der Waals surface area contributed by atoms with Crippen molar-refractivity contribution < 1.29 is 4.74 Å². The van der Waals surface area contributed by atoms with Gasteiger partial charge in [-0.3, -0.25) is 0 Å². The molecule has 0 aliphatic carbocycles. The highest BCUT2D eigenvalue weighted by Gasteiger charge is 2.33. The van der Waals surface area contributed by atoms with E-state index in [1.807, 2.05) is 0 Å². The SMILES string of the molecule is CN1CCCc2cc([C@]3(C)C=Cc4c(ccc(C(C)(C)C)c4CC(C)(C)C)O3)ccc21. The van der Waals surface area contributed by atoms with Crippen molar-refractivity contribution >= 4 is 11.8 Å². The van der Waals surface area contributed by atoms with Crippen molar-refractivity contribution in [1.82, 2.24) is 0 Å². The number of benzene rings is 2. The second kappa shape index (κ2) is 7.43. The molecule has 0 saturated carbocycles. The third-order valence-corrected chi connectivity index (χ3v) is 6.73. The van der Waals surface area contributed by atoms with Crippen LogP contribution in [-0.4, -0.2) is 13.6 Å². The van der Waals surface area contributed by atoms with Crippen LogP contribution in [-0.2, 0) is 23.9 Å². The first-order valence-electron chi connectivity index (χ1n) is 11.8. The van der Waals surface area contributed by atoms with E-state index in [0.717, 1.165) is 25.1 Å². The van der Waals surface area contributed by atoms with Crippen molar-refractivity contribution in [3.8, 4) is 5.75 Å². The van der Waals surface area contributed by atoms with Crippen molar-refractivity contribution in [3.63, 3.8) is 0 Å². The van der Waals surface area contributed by atoms with Gasteiger partial charge >= 0.3 is 0 Å². The van der Waals surface area contributed by atoms with Crippen LogP contribution in [0, 0.1) is 5.41 Å². The lowest BCUT2D eigenvalue weighted by Gasteiger charge is -2.36. The van der Waals surface area contributed by atoms with Crippen LogP contribution in [0.1, 0.15) is 82.7 Å². The van der Waals surface area contributed by atoms with Crippen LogP contribution in [0.25, 0.3) is 6.08 Å². The first-order valence-corrected chi connectivity index (χ1v) is 11.8. The topological polar surface area (TPSA) is 12.5 Å². The summed E-state index contributed by atoms with van der Waals surface area (Å²) in [4.78, 5) is 2.37. The Hall–Kier alpha value is -2.22. The molecular weight excluding hydrogens is 378 g/mol. The first kappa shape index (κ1) is 22.0. The van der Waals surface area contributed by atoms with Crippen LogP contribution in [0.2, 0.25) is 0 Å². The lowest BCUT2D eigenvalue weighted by molar-refractivity contribution is 0.137. The molecule has 0 aromatic heterocycles. The smallest absolute Gasteiger partial charge is 0.150 e. The average molecular weight is 418 g/mol. The highest BCUT2D eigenvalue weighted by Crippen LogP contribution is 2.44. The molecule has 2 aliphatic heterocycles. The second-order valence-electron chi connectivity index (χ2n) is 11.9. The standard InChI is InChI=1S/C29H39NO/c1-27(2,3)19-23-22-15-16-29(7,31-26(22)14-12-24(23)28(4,5)6)21-11-13-25-20(18-21)10-9-17-30(25)8/h11-16,18H,9-10,17,19H2,1-8H3/t29-/m0/s1. The van der Waals surface area contributed by atoms with E-state index in [1.54, 1.807) is 0 Å². The summed E-state index contributed by atoms with van der Waals surface area (Å²) in [5.41, 5.74) is 8.03. The third-order valence-electron chi connectivity index (χ3n) is 6.73. The van der Waals surface area contributed by atoms with Crippen LogP contribution < -0.4 is 9.64 Å². The number of fused-ring (bicyclic) bond motifs is 2. The summed E-state index contributed by atoms with van der Waals surface area (Å²) in [5.74, 6) is 1.01. The van der Waals surface area contributed by atoms with E-state index in [9.17, 15) is 0 Å². The highest BCUT2D eigenvalue weighted by atomic mass is 16.5. The average Bonchev–Trinajstić information content (AvgIpc) is 2.66. The summed E-state index contributed by atoms with van der Waals surface area (Å²) < 4.78 is 6.75. The predicted molar refractivity (Wildman–Crippen MR) is 133 cm³/mol. The minimum atomic E-state index is -0.444. The molecule has 0 spiro atoms. The number of rotatable bonds is 2. The van der Waals surface area contributed by atoms with Crippen LogP contribution in [0.3, 0.4) is 0 Å². The summed E-state index contributed by atoms with van der Waals surface area (Å²) in [6.07, 6.45) is 7.99. The second-order valence-corrected chi connectivity index (χ2v) is 11.9. The minimum Gasteiger partial charge on any atom is -0.478 e. The molecule has 4 rings (SSSR count). The maximum atomic E-state index is 6.75. The zero-order chi connectivity index (χ0) is 22.6. The zero-order valence-electron chi connectivity index (χ0n) is 20.7. The number of aryl methyl sites for hydroxylation is 1. The van der Waals surface area contributed by atoms with E-state index in [-0.39, 0.29) is 10.8 Å². The molecule has 0 fully saturated rings. The van der Waals surface area contributed by atoms with Gasteiger partial charge in [0, 0.05) is 24.8 Å². The van der Waals surface area contributed by atoms with Crippen LogP contribution in [0.4, 0.5) is 5.69 Å². The Morgan fingerprint density at radius 1 is 1.03 bits per heavy atom. The van der Waals surface area contributed by atoms with Gasteiger partial charge in [-0.1, -0.05) is 59.8 Å². The van der Waals surface area contributed by atoms with E-state index in [0.29, 0.717) is 0 Å². The number of hydrogen-bond donors (Lipinski definition) is 0. The number of anilines is 1. The molecular formula is C29H39NO. The lowest BCUT2D eigenvalue weighted by atomic mass is 9.76. The van der Waals surface area contributed by atoms with Gasteiger partial charge in [-0.25, -0.2) is 0 Å². The molecule has 0 bridgehead atoms.